The molecule has 1 saturated carbocycles. The molecule has 30 heavy (non-hydrogen) atoms. The summed E-state index contributed by atoms with van der Waals surface area (Å²) in [7, 11) is 0. The van der Waals surface area contributed by atoms with Gasteiger partial charge < -0.3 is 16.2 Å². The van der Waals surface area contributed by atoms with Crippen LogP contribution in [0.15, 0.2) is 18.2 Å². The number of nitrogens with two attached hydrogens (primary N) is 1. The molecule has 6 nitrogen and oxygen atoms in total. The van der Waals surface area contributed by atoms with Crippen LogP contribution in [0.4, 0.5) is 0 Å². The molecule has 2 amide bonds. The van der Waals surface area contributed by atoms with Crippen LogP contribution in [-0.2, 0) is 21.4 Å². The minimum absolute atomic E-state index is 0.00732. The minimum atomic E-state index is -0.642. The molecule has 6 heteroatoms. The zero-order valence-electron chi connectivity index (χ0n) is 18.2. The van der Waals surface area contributed by atoms with Crippen LogP contribution < -0.4 is 11.1 Å². The van der Waals surface area contributed by atoms with Gasteiger partial charge in [0.05, 0.1) is 0 Å². The van der Waals surface area contributed by atoms with Gasteiger partial charge in [0.25, 0.3) is 0 Å². The number of primary amides is 1. The number of phenols is 1. The first kappa shape index (κ1) is 21.2. The molecule has 164 valence electrons. The molecule has 2 fully saturated rings. The number of rotatable bonds is 8. The lowest BCUT2D eigenvalue weighted by Gasteiger charge is -2.56. The summed E-state index contributed by atoms with van der Waals surface area (Å²) in [6, 6.07) is 5.76. The number of amides is 2. The second-order valence-electron chi connectivity index (χ2n) is 9.79. The summed E-state index contributed by atoms with van der Waals surface area (Å²) in [4.78, 5) is 26.2. The molecule has 4 N–H and O–H groups in total. The fourth-order valence-electron chi connectivity index (χ4n) is 5.83. The molecule has 1 aromatic carbocycles. The van der Waals surface area contributed by atoms with E-state index in [4.69, 9.17) is 5.73 Å². The number of aromatic hydroxyl groups is 1. The first-order valence-electron chi connectivity index (χ1n) is 11.5. The second kappa shape index (κ2) is 8.22. The summed E-state index contributed by atoms with van der Waals surface area (Å²) < 4.78 is 0. The maximum Gasteiger partial charge on any atom is 0.239 e. The van der Waals surface area contributed by atoms with Crippen molar-refractivity contribution in [2.75, 3.05) is 13.1 Å². The number of hydrogen-bond acceptors (Lipinski definition) is 4. The first-order chi connectivity index (χ1) is 14.3. The van der Waals surface area contributed by atoms with Gasteiger partial charge in [-0.15, -0.1) is 0 Å². The van der Waals surface area contributed by atoms with E-state index < -0.39 is 11.9 Å². The van der Waals surface area contributed by atoms with Crippen molar-refractivity contribution in [1.82, 2.24) is 10.2 Å². The van der Waals surface area contributed by atoms with Gasteiger partial charge in [-0.25, -0.2) is 0 Å². The van der Waals surface area contributed by atoms with E-state index in [9.17, 15) is 14.7 Å². The number of benzene rings is 1. The largest absolute Gasteiger partial charge is 0.508 e. The maximum absolute atomic E-state index is 12.3. The van der Waals surface area contributed by atoms with E-state index in [1.54, 1.807) is 6.92 Å². The molecule has 4 rings (SSSR count). The topological polar surface area (TPSA) is 95.7 Å². The van der Waals surface area contributed by atoms with Crippen molar-refractivity contribution in [2.24, 2.45) is 17.6 Å². The summed E-state index contributed by atoms with van der Waals surface area (Å²) in [6.07, 6.45) is 6.90. The molecular formula is C24H35N3O3. The Morgan fingerprint density at radius 3 is 2.83 bits per heavy atom. The molecule has 1 aromatic rings. The highest BCUT2D eigenvalue weighted by Gasteiger charge is 2.51. The van der Waals surface area contributed by atoms with Crippen molar-refractivity contribution < 1.29 is 14.7 Å². The predicted octanol–water partition coefficient (Wildman–Crippen LogP) is 2.47. The number of nitrogens with one attached hydrogen (secondary N) is 1. The fourth-order valence-corrected chi connectivity index (χ4v) is 5.83. The molecule has 1 saturated heterocycles. The van der Waals surface area contributed by atoms with Crippen molar-refractivity contribution >= 4 is 11.8 Å². The average molecular weight is 414 g/mol. The highest BCUT2D eigenvalue weighted by atomic mass is 16.3. The number of phenolic OH excluding ortho intramolecular Hbond substituents is 1. The third-order valence-electron chi connectivity index (χ3n) is 7.84. The van der Waals surface area contributed by atoms with Crippen LogP contribution in [0.5, 0.6) is 5.75 Å². The fraction of sp³-hybridized carbons (Fsp3) is 0.667. The van der Waals surface area contributed by atoms with Gasteiger partial charge >= 0.3 is 0 Å². The molecule has 2 aliphatic carbocycles. The number of nitrogens with zero attached hydrogens (tertiary/aromatic N) is 1. The van der Waals surface area contributed by atoms with E-state index in [1.165, 1.54) is 30.5 Å². The Hall–Kier alpha value is -2.08. The molecule has 1 heterocycles. The number of carbonyl (C=O) groups is 2. The quantitative estimate of drug-likeness (QED) is 0.610. The predicted molar refractivity (Wildman–Crippen MR) is 116 cm³/mol. The van der Waals surface area contributed by atoms with Gasteiger partial charge in [-0.3, -0.25) is 14.5 Å². The molecule has 4 atom stereocenters. The van der Waals surface area contributed by atoms with Gasteiger partial charge in [0.15, 0.2) is 0 Å². The summed E-state index contributed by atoms with van der Waals surface area (Å²) in [5, 5.41) is 12.9. The molecule has 0 radical (unpaired) electrons. The van der Waals surface area contributed by atoms with Gasteiger partial charge in [0.1, 0.15) is 11.8 Å². The van der Waals surface area contributed by atoms with Crippen molar-refractivity contribution in [2.45, 2.75) is 76.3 Å². The number of likely N-dealkylation sites (tertiary alicyclic amines) is 1. The van der Waals surface area contributed by atoms with Crippen molar-refractivity contribution in [3.8, 4) is 5.75 Å². The Morgan fingerprint density at radius 2 is 2.13 bits per heavy atom. The zero-order valence-corrected chi connectivity index (χ0v) is 18.2. The van der Waals surface area contributed by atoms with E-state index in [0.29, 0.717) is 24.1 Å². The van der Waals surface area contributed by atoms with Crippen LogP contribution in [0.2, 0.25) is 0 Å². The van der Waals surface area contributed by atoms with Crippen LogP contribution >= 0.6 is 0 Å². The van der Waals surface area contributed by atoms with Crippen molar-refractivity contribution in [3.63, 3.8) is 0 Å². The Morgan fingerprint density at radius 1 is 1.37 bits per heavy atom. The Bertz CT molecular complexity index is 822. The lowest BCUT2D eigenvalue weighted by Crippen LogP contribution is -2.59. The number of fused-ring (bicyclic) bond motifs is 4. The zero-order chi connectivity index (χ0) is 21.5. The highest BCUT2D eigenvalue weighted by Crippen LogP contribution is 2.52. The van der Waals surface area contributed by atoms with Gasteiger partial charge in [0.2, 0.25) is 11.8 Å². The number of carbonyl (C=O) groups excluding carboxylic acids is 2. The monoisotopic (exact) mass is 413 g/mol. The number of piperidine rings is 1. The maximum atomic E-state index is 12.3. The lowest BCUT2D eigenvalue weighted by atomic mass is 9.56. The molecule has 1 unspecified atom stereocenters. The molecule has 3 aliphatic rings. The first-order valence-corrected chi connectivity index (χ1v) is 11.5. The lowest BCUT2D eigenvalue weighted by molar-refractivity contribution is -0.127. The summed E-state index contributed by atoms with van der Waals surface area (Å²) >= 11 is 0. The van der Waals surface area contributed by atoms with Gasteiger partial charge in [-0.05, 0) is 87.1 Å². The normalized spacial score (nSPS) is 29.1. The molecule has 0 aromatic heterocycles. The van der Waals surface area contributed by atoms with E-state index in [1.807, 2.05) is 12.1 Å². The van der Waals surface area contributed by atoms with Crippen LogP contribution in [0.25, 0.3) is 0 Å². The van der Waals surface area contributed by atoms with Crippen LogP contribution in [0.3, 0.4) is 0 Å². The number of hydrogen-bond donors (Lipinski definition) is 3. The Balaban J connectivity index is 1.51. The second-order valence-corrected chi connectivity index (χ2v) is 9.79. The van der Waals surface area contributed by atoms with E-state index in [0.717, 1.165) is 38.1 Å². The van der Waals surface area contributed by atoms with E-state index >= 15 is 0 Å². The van der Waals surface area contributed by atoms with Crippen LogP contribution in [0, 0.1) is 11.8 Å². The average Bonchev–Trinajstić information content (AvgIpc) is 3.50. The van der Waals surface area contributed by atoms with Crippen LogP contribution in [0.1, 0.15) is 63.5 Å². The molecule has 2 bridgehead atoms. The molecular weight excluding hydrogens is 378 g/mol. The van der Waals surface area contributed by atoms with E-state index in [2.05, 4.69) is 23.2 Å². The summed E-state index contributed by atoms with van der Waals surface area (Å²) in [6.45, 7) is 6.28. The highest BCUT2D eigenvalue weighted by molar-refractivity contribution is 5.86. The van der Waals surface area contributed by atoms with Gasteiger partial charge in [0, 0.05) is 24.4 Å². The van der Waals surface area contributed by atoms with Crippen LogP contribution in [-0.4, -0.2) is 47.0 Å². The third-order valence-corrected chi connectivity index (χ3v) is 7.84. The minimum Gasteiger partial charge on any atom is -0.508 e. The molecule has 0 spiro atoms. The standard InChI is InChI=1S/C24H35N3O3/c1-15-21-12-18-7-8-19(28)13-20(18)24(15,10-11-27(21)14-17-5-6-17)9-3-4-22(29)26-16(2)23(25)30/h7-8,13,15-17,21,28H,3-6,9-12,14H2,1-2H3,(H2,25,30)(H,26,29)/t15-,16-,21+,24?/m0/s1. The van der Waals surface area contributed by atoms with Crippen molar-refractivity contribution in [3.05, 3.63) is 29.3 Å². The SMILES string of the molecule is C[C@H](NC(=O)CCCC12CCN(CC3CC3)[C@H](Cc3ccc(O)cc31)[C@@H]2C)C(N)=O. The smallest absolute Gasteiger partial charge is 0.239 e. The summed E-state index contributed by atoms with van der Waals surface area (Å²) in [5.74, 6) is 1.04. The third kappa shape index (κ3) is 4.07. The van der Waals surface area contributed by atoms with E-state index in [-0.39, 0.29) is 11.3 Å². The van der Waals surface area contributed by atoms with Gasteiger partial charge in [-0.2, -0.15) is 0 Å². The Labute approximate surface area is 179 Å². The van der Waals surface area contributed by atoms with Gasteiger partial charge in [-0.1, -0.05) is 13.0 Å². The molecule has 1 aliphatic heterocycles. The Kier molecular flexibility index (Phi) is 5.80. The summed E-state index contributed by atoms with van der Waals surface area (Å²) in [5.41, 5.74) is 7.87. The van der Waals surface area contributed by atoms with Crippen molar-refractivity contribution in [1.29, 1.82) is 0 Å².